The summed E-state index contributed by atoms with van der Waals surface area (Å²) >= 11 is 0. The summed E-state index contributed by atoms with van der Waals surface area (Å²) < 4.78 is 44.2. The molecule has 1 aliphatic rings. The maximum absolute atomic E-state index is 12.9. The molecule has 1 N–H and O–H groups in total. The van der Waals surface area contributed by atoms with Crippen LogP contribution in [0.4, 0.5) is 13.2 Å². The largest absolute Gasteiger partial charge is 0.416 e. The number of hydrogen-bond donors (Lipinski definition) is 1. The van der Waals surface area contributed by atoms with Gasteiger partial charge in [-0.1, -0.05) is 18.2 Å². The molecule has 1 aromatic rings. The first-order valence-electron chi connectivity index (χ1n) is 5.82. The van der Waals surface area contributed by atoms with E-state index in [-0.39, 0.29) is 11.1 Å². The van der Waals surface area contributed by atoms with Crippen molar-refractivity contribution in [3.8, 4) is 0 Å². The van der Waals surface area contributed by atoms with Crippen molar-refractivity contribution in [3.05, 3.63) is 35.4 Å². The van der Waals surface area contributed by atoms with Crippen LogP contribution in [0, 0.1) is 0 Å². The Kier molecular flexibility index (Phi) is 3.38. The SMILES string of the molecule is CC1(C)COC(c2ccccc2C(F)(F)F)CN1. The Labute approximate surface area is 104 Å². The lowest BCUT2D eigenvalue weighted by molar-refractivity contribution is -0.140. The predicted molar refractivity (Wildman–Crippen MR) is 62.2 cm³/mol. The summed E-state index contributed by atoms with van der Waals surface area (Å²) in [6, 6.07) is 5.58. The van der Waals surface area contributed by atoms with E-state index in [1.807, 2.05) is 13.8 Å². The monoisotopic (exact) mass is 259 g/mol. The van der Waals surface area contributed by atoms with Gasteiger partial charge in [0, 0.05) is 12.1 Å². The van der Waals surface area contributed by atoms with Gasteiger partial charge in [0.25, 0.3) is 0 Å². The van der Waals surface area contributed by atoms with E-state index in [1.54, 1.807) is 6.07 Å². The molecule has 1 aromatic carbocycles. The van der Waals surface area contributed by atoms with Crippen LogP contribution in [0.5, 0.6) is 0 Å². The molecule has 1 heterocycles. The van der Waals surface area contributed by atoms with Gasteiger partial charge >= 0.3 is 6.18 Å². The fourth-order valence-electron chi connectivity index (χ4n) is 2.02. The third-order valence-corrected chi connectivity index (χ3v) is 3.02. The topological polar surface area (TPSA) is 21.3 Å². The number of benzene rings is 1. The van der Waals surface area contributed by atoms with Gasteiger partial charge in [0.2, 0.25) is 0 Å². The van der Waals surface area contributed by atoms with Crippen LogP contribution in [0.3, 0.4) is 0 Å². The molecule has 0 amide bonds. The molecule has 0 bridgehead atoms. The zero-order valence-corrected chi connectivity index (χ0v) is 10.3. The van der Waals surface area contributed by atoms with E-state index < -0.39 is 17.8 Å². The van der Waals surface area contributed by atoms with Gasteiger partial charge in [0.15, 0.2) is 0 Å². The normalized spacial score (nSPS) is 23.9. The fraction of sp³-hybridized carbons (Fsp3) is 0.538. The Balaban J connectivity index is 2.25. The summed E-state index contributed by atoms with van der Waals surface area (Å²) in [7, 11) is 0. The van der Waals surface area contributed by atoms with Crippen LogP contribution in [0.2, 0.25) is 0 Å². The van der Waals surface area contributed by atoms with Crippen molar-refractivity contribution in [2.45, 2.75) is 31.7 Å². The molecule has 2 rings (SSSR count). The Morgan fingerprint density at radius 1 is 1.28 bits per heavy atom. The Hall–Kier alpha value is -1.07. The third kappa shape index (κ3) is 2.84. The van der Waals surface area contributed by atoms with Crippen molar-refractivity contribution in [1.29, 1.82) is 0 Å². The predicted octanol–water partition coefficient (Wildman–Crippen LogP) is 3.14. The van der Waals surface area contributed by atoms with Crippen LogP contribution in [-0.2, 0) is 10.9 Å². The molecule has 0 spiro atoms. The minimum Gasteiger partial charge on any atom is -0.370 e. The minimum absolute atomic E-state index is 0.191. The summed E-state index contributed by atoms with van der Waals surface area (Å²) in [5.74, 6) is 0. The van der Waals surface area contributed by atoms with Crippen molar-refractivity contribution in [2.24, 2.45) is 0 Å². The van der Waals surface area contributed by atoms with Gasteiger partial charge in [-0.3, -0.25) is 0 Å². The fourth-order valence-corrected chi connectivity index (χ4v) is 2.02. The van der Waals surface area contributed by atoms with E-state index in [0.717, 1.165) is 6.07 Å². The Bertz CT molecular complexity index is 418. The highest BCUT2D eigenvalue weighted by molar-refractivity contribution is 5.32. The number of ether oxygens (including phenoxy) is 1. The maximum Gasteiger partial charge on any atom is 0.416 e. The highest BCUT2D eigenvalue weighted by Crippen LogP contribution is 2.36. The van der Waals surface area contributed by atoms with Gasteiger partial charge < -0.3 is 10.1 Å². The van der Waals surface area contributed by atoms with E-state index in [4.69, 9.17) is 4.74 Å². The van der Waals surface area contributed by atoms with Gasteiger partial charge in [-0.2, -0.15) is 13.2 Å². The molecule has 0 radical (unpaired) electrons. The highest BCUT2D eigenvalue weighted by Gasteiger charge is 2.37. The van der Waals surface area contributed by atoms with Crippen LogP contribution in [0.15, 0.2) is 24.3 Å². The van der Waals surface area contributed by atoms with Crippen LogP contribution < -0.4 is 5.32 Å². The second-order valence-electron chi connectivity index (χ2n) is 5.15. The first kappa shape index (κ1) is 13.4. The molecular weight excluding hydrogens is 243 g/mol. The number of hydrogen-bond acceptors (Lipinski definition) is 2. The molecule has 1 fully saturated rings. The number of alkyl halides is 3. The molecule has 1 saturated heterocycles. The number of rotatable bonds is 1. The van der Waals surface area contributed by atoms with E-state index in [1.165, 1.54) is 12.1 Å². The average Bonchev–Trinajstić information content (AvgIpc) is 2.28. The van der Waals surface area contributed by atoms with Crippen molar-refractivity contribution < 1.29 is 17.9 Å². The molecule has 1 atom stereocenters. The minimum atomic E-state index is -4.34. The van der Waals surface area contributed by atoms with Crippen molar-refractivity contribution in [1.82, 2.24) is 5.32 Å². The molecule has 1 aliphatic heterocycles. The second-order valence-corrected chi connectivity index (χ2v) is 5.15. The van der Waals surface area contributed by atoms with Crippen LogP contribution in [-0.4, -0.2) is 18.7 Å². The molecular formula is C13H16F3NO. The van der Waals surface area contributed by atoms with Gasteiger partial charge in [-0.05, 0) is 25.5 Å². The van der Waals surface area contributed by atoms with Crippen LogP contribution >= 0.6 is 0 Å². The third-order valence-electron chi connectivity index (χ3n) is 3.02. The smallest absolute Gasteiger partial charge is 0.370 e. The Morgan fingerprint density at radius 3 is 2.50 bits per heavy atom. The lowest BCUT2D eigenvalue weighted by Crippen LogP contribution is -2.50. The Morgan fingerprint density at radius 2 is 1.94 bits per heavy atom. The molecule has 2 nitrogen and oxygen atoms in total. The summed E-state index contributed by atoms with van der Waals surface area (Å²) in [5.41, 5.74) is -0.603. The quantitative estimate of drug-likeness (QED) is 0.836. The van der Waals surface area contributed by atoms with E-state index in [9.17, 15) is 13.2 Å². The summed E-state index contributed by atoms with van der Waals surface area (Å²) in [4.78, 5) is 0. The van der Waals surface area contributed by atoms with Gasteiger partial charge in [0.05, 0.1) is 18.3 Å². The van der Waals surface area contributed by atoms with E-state index in [2.05, 4.69) is 5.32 Å². The number of nitrogens with one attached hydrogen (secondary N) is 1. The summed E-state index contributed by atoms with van der Waals surface area (Å²) in [5, 5.41) is 3.19. The molecule has 5 heteroatoms. The van der Waals surface area contributed by atoms with Gasteiger partial charge in [-0.15, -0.1) is 0 Å². The number of halogens is 3. The van der Waals surface area contributed by atoms with Crippen molar-refractivity contribution in [2.75, 3.05) is 13.2 Å². The van der Waals surface area contributed by atoms with Crippen molar-refractivity contribution >= 4 is 0 Å². The second kappa shape index (κ2) is 4.55. The zero-order valence-electron chi connectivity index (χ0n) is 10.3. The molecule has 0 saturated carbocycles. The van der Waals surface area contributed by atoms with E-state index >= 15 is 0 Å². The molecule has 0 aliphatic carbocycles. The lowest BCUT2D eigenvalue weighted by atomic mass is 9.98. The van der Waals surface area contributed by atoms with Crippen LogP contribution in [0.1, 0.15) is 31.1 Å². The van der Waals surface area contributed by atoms with Gasteiger partial charge in [-0.25, -0.2) is 0 Å². The summed E-state index contributed by atoms with van der Waals surface area (Å²) in [6.07, 6.45) is -4.89. The molecule has 18 heavy (non-hydrogen) atoms. The average molecular weight is 259 g/mol. The molecule has 0 aromatic heterocycles. The highest BCUT2D eigenvalue weighted by atomic mass is 19.4. The first-order valence-corrected chi connectivity index (χ1v) is 5.82. The van der Waals surface area contributed by atoms with Gasteiger partial charge in [0.1, 0.15) is 0 Å². The lowest BCUT2D eigenvalue weighted by Gasteiger charge is -2.36. The zero-order chi connectivity index (χ0) is 13.4. The molecule has 1 unspecified atom stereocenters. The standard InChI is InChI=1S/C13H16F3NO/c1-12(2)8-18-11(7-17-12)9-5-3-4-6-10(9)13(14,15)16/h3-6,11,17H,7-8H2,1-2H3. The molecule has 100 valence electrons. The maximum atomic E-state index is 12.9. The first-order chi connectivity index (χ1) is 8.30. The van der Waals surface area contributed by atoms with Crippen LogP contribution in [0.25, 0.3) is 0 Å². The van der Waals surface area contributed by atoms with Crippen molar-refractivity contribution in [3.63, 3.8) is 0 Å². The van der Waals surface area contributed by atoms with E-state index in [0.29, 0.717) is 13.2 Å². The number of morpholine rings is 1. The summed E-state index contributed by atoms with van der Waals surface area (Å²) in [6.45, 7) is 4.70.